The van der Waals surface area contributed by atoms with Gasteiger partial charge < -0.3 is 25.6 Å². The lowest BCUT2D eigenvalue weighted by Crippen LogP contribution is -2.46. The van der Waals surface area contributed by atoms with Gasteiger partial charge in [0.2, 0.25) is 5.96 Å². The molecule has 0 bridgehead atoms. The highest BCUT2D eigenvalue weighted by Gasteiger charge is 2.34. The van der Waals surface area contributed by atoms with Gasteiger partial charge in [0.05, 0.1) is 12.0 Å². The van der Waals surface area contributed by atoms with E-state index in [9.17, 15) is 13.5 Å². The Morgan fingerprint density at radius 1 is 1.35 bits per heavy atom. The van der Waals surface area contributed by atoms with Crippen LogP contribution in [0.1, 0.15) is 36.0 Å². The van der Waals surface area contributed by atoms with Crippen molar-refractivity contribution in [2.45, 2.75) is 57.2 Å². The monoisotopic (exact) mass is 385 g/mol. The molecule has 2 rings (SSSR count). The molecule has 0 radical (unpaired) electrons. The van der Waals surface area contributed by atoms with Crippen LogP contribution in [0, 0.1) is 20.8 Å². The zero-order valence-electron chi connectivity index (χ0n) is 15.6. The van der Waals surface area contributed by atoms with Gasteiger partial charge in [-0.05, 0) is 62.8 Å². The van der Waals surface area contributed by atoms with Crippen molar-refractivity contribution < 1.29 is 23.4 Å². The summed E-state index contributed by atoms with van der Waals surface area (Å²) in [5.74, 6) is 0.342. The van der Waals surface area contributed by atoms with E-state index in [1.54, 1.807) is 26.8 Å². The van der Waals surface area contributed by atoms with Crippen molar-refractivity contribution in [3.05, 3.63) is 22.8 Å². The van der Waals surface area contributed by atoms with Crippen LogP contribution in [0.2, 0.25) is 0 Å². The molecule has 1 aliphatic heterocycles. The summed E-state index contributed by atoms with van der Waals surface area (Å²) in [7, 11) is -2.55. The summed E-state index contributed by atoms with van der Waals surface area (Å²) in [6.07, 6.45) is 0.524. The van der Waals surface area contributed by atoms with Crippen molar-refractivity contribution in [1.29, 1.82) is 0 Å². The molecule has 9 heteroatoms. The number of hydrogen-bond acceptors (Lipinski definition) is 5. The van der Waals surface area contributed by atoms with Crippen LogP contribution in [0.25, 0.3) is 0 Å². The number of methoxy groups -OCH3 is 1. The molecule has 1 unspecified atom stereocenters. The number of nitrogens with zero attached hydrogens (tertiary/aromatic N) is 2. The van der Waals surface area contributed by atoms with Gasteiger partial charge in [-0.1, -0.05) is 0 Å². The fraction of sp³-hybridized carbons (Fsp3) is 0.588. The Morgan fingerprint density at radius 3 is 2.58 bits per heavy atom. The molecular weight excluding hydrogens is 358 g/mol. The number of hydrogen-bond donors (Lipinski definition) is 3. The number of rotatable bonds is 5. The van der Waals surface area contributed by atoms with Crippen molar-refractivity contribution in [3.63, 3.8) is 0 Å². The van der Waals surface area contributed by atoms with E-state index in [4.69, 9.17) is 15.6 Å². The van der Waals surface area contributed by atoms with E-state index in [2.05, 4.69) is 4.40 Å². The average Bonchev–Trinajstić information content (AvgIpc) is 2.91. The van der Waals surface area contributed by atoms with Crippen LogP contribution in [0.15, 0.2) is 15.4 Å². The lowest BCUT2D eigenvalue weighted by molar-refractivity contribution is 0.0643. The smallest absolute Gasteiger partial charge is 0.286 e. The highest BCUT2D eigenvalue weighted by molar-refractivity contribution is 7.90. The van der Waals surface area contributed by atoms with Gasteiger partial charge in [0.15, 0.2) is 0 Å². The molecule has 0 aromatic heterocycles. The number of guanidine groups is 1. The molecule has 0 amide bonds. The summed E-state index contributed by atoms with van der Waals surface area (Å²) >= 11 is 0. The van der Waals surface area contributed by atoms with E-state index < -0.39 is 16.3 Å². The molecule has 0 saturated carbocycles. The molecule has 1 saturated heterocycles. The maximum atomic E-state index is 12.9. The van der Waals surface area contributed by atoms with Crippen molar-refractivity contribution in [3.8, 4) is 5.75 Å². The molecule has 26 heavy (non-hydrogen) atoms. The molecule has 1 aromatic carbocycles. The molecule has 0 spiro atoms. The van der Waals surface area contributed by atoms with Crippen LogP contribution in [0.5, 0.6) is 5.75 Å². The number of benzene rings is 1. The normalized spacial score (nSPS) is 21.3. The molecule has 8 nitrogen and oxygen atoms in total. The molecular formula is C17H27N3O5S. The lowest BCUT2D eigenvalue weighted by Gasteiger charge is -2.28. The summed E-state index contributed by atoms with van der Waals surface area (Å²) in [5, 5.41) is 19.3. The van der Waals surface area contributed by atoms with Gasteiger partial charge in [-0.25, -0.2) is 0 Å². The van der Waals surface area contributed by atoms with Gasteiger partial charge in [-0.2, -0.15) is 8.42 Å². The Kier molecular flexibility index (Phi) is 6.15. The maximum Gasteiger partial charge on any atom is 0.286 e. The first-order valence-electron chi connectivity index (χ1n) is 8.46. The number of sulfonamides is 1. The van der Waals surface area contributed by atoms with Crippen LogP contribution in [0.3, 0.4) is 0 Å². The first-order valence-corrected chi connectivity index (χ1v) is 9.90. The largest absolute Gasteiger partial charge is 0.496 e. The Hall–Kier alpha value is -1.84. The van der Waals surface area contributed by atoms with Crippen LogP contribution < -0.4 is 10.5 Å². The van der Waals surface area contributed by atoms with E-state index >= 15 is 0 Å². The Balaban J connectivity index is 2.48. The Labute approximate surface area is 154 Å². The second kappa shape index (κ2) is 7.81. The van der Waals surface area contributed by atoms with Crippen molar-refractivity contribution in [2.24, 2.45) is 10.1 Å². The Morgan fingerprint density at radius 2 is 2.00 bits per heavy atom. The summed E-state index contributed by atoms with van der Waals surface area (Å²) in [6, 6.07) is 1.41. The van der Waals surface area contributed by atoms with Crippen molar-refractivity contribution in [1.82, 2.24) is 4.90 Å². The van der Waals surface area contributed by atoms with Crippen molar-refractivity contribution in [2.75, 3.05) is 13.7 Å². The molecule has 1 aliphatic rings. The Bertz CT molecular complexity index is 805. The highest BCUT2D eigenvalue weighted by atomic mass is 32.2. The first kappa shape index (κ1) is 20.5. The summed E-state index contributed by atoms with van der Waals surface area (Å²) in [6.45, 7) is 5.07. The standard InChI is InChI=1S/C17H27N3O5S/c1-10-9-14(25-4)11(2)12(3)16(10)26(23,24)19-17(18)20-13(7-8-21)5-6-15(20)22/h9,13,15,21-22H,5-8H2,1-4H3,(H2,18,19)/t13-,15?/m0/s1. The van der Waals surface area contributed by atoms with E-state index in [1.165, 1.54) is 12.0 Å². The fourth-order valence-corrected chi connectivity index (χ4v) is 4.92. The summed E-state index contributed by atoms with van der Waals surface area (Å²) in [5.41, 5.74) is 7.71. The predicted octanol–water partition coefficient (Wildman–Crippen LogP) is 0.789. The molecule has 1 heterocycles. The molecule has 1 fully saturated rings. The lowest BCUT2D eigenvalue weighted by atomic mass is 10.1. The van der Waals surface area contributed by atoms with E-state index in [0.717, 1.165) is 0 Å². The third-order valence-electron chi connectivity index (χ3n) is 4.87. The maximum absolute atomic E-state index is 12.9. The quantitative estimate of drug-likeness (QED) is 0.505. The minimum Gasteiger partial charge on any atom is -0.496 e. The van der Waals surface area contributed by atoms with Gasteiger partial charge in [0.25, 0.3) is 10.0 Å². The third-order valence-corrected chi connectivity index (χ3v) is 6.44. The first-order chi connectivity index (χ1) is 12.1. The average molecular weight is 385 g/mol. The minimum absolute atomic E-state index is 0.0796. The molecule has 2 atom stereocenters. The number of aryl methyl sites for hydroxylation is 1. The second-order valence-electron chi connectivity index (χ2n) is 6.53. The second-order valence-corrected chi connectivity index (χ2v) is 8.07. The van der Waals surface area contributed by atoms with E-state index in [1.807, 2.05) is 0 Å². The SMILES string of the molecule is COc1cc(C)c(S(=O)(=O)/N=C(\N)N2C(O)CC[C@H]2CCO)c(C)c1C. The zero-order valence-corrected chi connectivity index (χ0v) is 16.4. The topological polar surface area (TPSA) is 125 Å². The third kappa shape index (κ3) is 3.79. The number of aliphatic hydroxyl groups excluding tert-OH is 2. The van der Waals surface area contributed by atoms with Gasteiger partial charge in [0.1, 0.15) is 12.0 Å². The molecule has 1 aromatic rings. The zero-order chi connectivity index (χ0) is 19.6. The fourth-order valence-electron chi connectivity index (χ4n) is 3.48. The highest BCUT2D eigenvalue weighted by Crippen LogP contribution is 2.32. The van der Waals surface area contributed by atoms with Gasteiger partial charge in [0, 0.05) is 12.6 Å². The van der Waals surface area contributed by atoms with Gasteiger partial charge in [-0.15, -0.1) is 4.40 Å². The van der Waals surface area contributed by atoms with Crippen LogP contribution in [-0.4, -0.2) is 55.5 Å². The molecule has 0 aliphatic carbocycles. The van der Waals surface area contributed by atoms with Crippen LogP contribution >= 0.6 is 0 Å². The molecule has 4 N–H and O–H groups in total. The predicted molar refractivity (Wildman–Crippen MR) is 98.6 cm³/mol. The van der Waals surface area contributed by atoms with Crippen LogP contribution in [0.4, 0.5) is 0 Å². The van der Waals surface area contributed by atoms with Gasteiger partial charge in [-0.3, -0.25) is 0 Å². The van der Waals surface area contributed by atoms with Gasteiger partial charge >= 0.3 is 0 Å². The van der Waals surface area contributed by atoms with E-state index in [-0.39, 0.29) is 23.5 Å². The number of aliphatic hydroxyl groups is 2. The van der Waals surface area contributed by atoms with E-state index in [0.29, 0.717) is 41.7 Å². The minimum atomic E-state index is -4.08. The van der Waals surface area contributed by atoms with Crippen LogP contribution in [-0.2, 0) is 10.0 Å². The number of nitrogens with two attached hydrogens (primary N) is 1. The summed E-state index contributed by atoms with van der Waals surface area (Å²) in [4.78, 5) is 1.46. The number of ether oxygens (including phenoxy) is 1. The van der Waals surface area contributed by atoms with Crippen molar-refractivity contribution >= 4 is 16.0 Å². The number of likely N-dealkylation sites (tertiary alicyclic amines) is 1. The molecule has 146 valence electrons. The summed E-state index contributed by atoms with van der Waals surface area (Å²) < 4.78 is 34.8.